The number of nitriles is 1. The fourth-order valence-corrected chi connectivity index (χ4v) is 4.38. The Bertz CT molecular complexity index is 1180. The predicted octanol–water partition coefficient (Wildman–Crippen LogP) is 5.04. The first kappa shape index (κ1) is 24.2. The molecule has 33 heavy (non-hydrogen) atoms. The van der Waals surface area contributed by atoms with E-state index in [2.05, 4.69) is 23.3 Å². The van der Waals surface area contributed by atoms with Gasteiger partial charge in [-0.25, -0.2) is 4.79 Å². The van der Waals surface area contributed by atoms with Crippen LogP contribution in [0.2, 0.25) is 5.02 Å². The molecule has 1 aromatic carbocycles. The van der Waals surface area contributed by atoms with Gasteiger partial charge in [0.1, 0.15) is 12.4 Å². The van der Waals surface area contributed by atoms with Crippen LogP contribution in [0, 0.1) is 18.3 Å². The van der Waals surface area contributed by atoms with Gasteiger partial charge in [0.25, 0.3) is 0 Å². The van der Waals surface area contributed by atoms with Gasteiger partial charge < -0.3 is 19.8 Å². The van der Waals surface area contributed by atoms with Crippen molar-refractivity contribution in [1.82, 2.24) is 5.32 Å². The summed E-state index contributed by atoms with van der Waals surface area (Å²) in [6, 6.07) is 10.8. The summed E-state index contributed by atoms with van der Waals surface area (Å²) in [4.78, 5) is 25.3. The zero-order valence-electron chi connectivity index (χ0n) is 18.1. The monoisotopic (exact) mass is 483 g/mol. The van der Waals surface area contributed by atoms with Crippen LogP contribution in [0.1, 0.15) is 24.2 Å². The number of halogens is 1. The summed E-state index contributed by atoms with van der Waals surface area (Å²) in [5.41, 5.74) is 2.43. The summed E-state index contributed by atoms with van der Waals surface area (Å²) in [7, 11) is 0. The van der Waals surface area contributed by atoms with Crippen LogP contribution in [-0.2, 0) is 14.3 Å². The van der Waals surface area contributed by atoms with E-state index in [-0.39, 0.29) is 29.4 Å². The smallest absolute Gasteiger partial charge is 0.337 e. The molecular weight excluding hydrogens is 462 g/mol. The van der Waals surface area contributed by atoms with Gasteiger partial charge in [0.2, 0.25) is 5.91 Å². The number of carbonyl (C=O) groups is 2. The van der Waals surface area contributed by atoms with E-state index in [1.54, 1.807) is 37.3 Å². The number of amides is 1. The summed E-state index contributed by atoms with van der Waals surface area (Å²) in [6.07, 6.45) is 2.94. The lowest BCUT2D eigenvalue weighted by Gasteiger charge is -2.27. The Labute approximate surface area is 201 Å². The number of furan rings is 1. The van der Waals surface area contributed by atoms with Gasteiger partial charge in [-0.05, 0) is 43.7 Å². The van der Waals surface area contributed by atoms with Gasteiger partial charge in [0, 0.05) is 16.4 Å². The van der Waals surface area contributed by atoms with Gasteiger partial charge in [0.15, 0.2) is 0 Å². The first-order valence-electron chi connectivity index (χ1n) is 9.98. The number of anilines is 1. The van der Waals surface area contributed by atoms with Gasteiger partial charge in [-0.1, -0.05) is 42.1 Å². The fourth-order valence-electron chi connectivity index (χ4n) is 3.32. The molecule has 7 nitrogen and oxygen atoms in total. The van der Waals surface area contributed by atoms with E-state index >= 15 is 0 Å². The number of ether oxygens (including phenoxy) is 1. The number of hydrogen-bond acceptors (Lipinski definition) is 7. The molecule has 9 heteroatoms. The molecule has 1 aromatic heterocycles. The third-order valence-corrected chi connectivity index (χ3v) is 6.34. The number of rotatable bonds is 8. The van der Waals surface area contributed by atoms with Crippen molar-refractivity contribution < 1.29 is 18.7 Å². The molecular formula is C24H22ClN3O4S. The average molecular weight is 484 g/mol. The second-order valence-electron chi connectivity index (χ2n) is 7.10. The van der Waals surface area contributed by atoms with Crippen LogP contribution < -0.4 is 10.6 Å². The minimum Gasteiger partial charge on any atom is -0.468 e. The molecule has 1 aliphatic rings. The number of thioether (sulfide) groups is 1. The standard InChI is InChI=1S/C24H22ClN3O4S/c1-4-10-32-24(30)21-15(3)27-23(16(12-26)22(21)19-9-6-11-31-19)33-13-20(29)28-18-8-5-7-17(25)14(18)2/h4-9,11,22,27H,1,10,13H2,2-3H3,(H,28,29). The molecule has 1 aliphatic heterocycles. The summed E-state index contributed by atoms with van der Waals surface area (Å²) >= 11 is 7.28. The molecule has 0 radical (unpaired) electrons. The van der Waals surface area contributed by atoms with Gasteiger partial charge in [-0.15, -0.1) is 0 Å². The minimum atomic E-state index is -0.760. The molecule has 1 atom stereocenters. The molecule has 2 heterocycles. The maximum Gasteiger partial charge on any atom is 0.337 e. The lowest BCUT2D eigenvalue weighted by atomic mass is 9.86. The molecule has 2 aromatic rings. The molecule has 3 rings (SSSR count). The Morgan fingerprint density at radius 2 is 2.15 bits per heavy atom. The molecule has 0 saturated heterocycles. The Morgan fingerprint density at radius 1 is 1.36 bits per heavy atom. The summed E-state index contributed by atoms with van der Waals surface area (Å²) < 4.78 is 10.8. The quantitative estimate of drug-likeness (QED) is 0.400. The maximum atomic E-state index is 12.7. The average Bonchev–Trinajstić information content (AvgIpc) is 3.33. The van der Waals surface area contributed by atoms with Gasteiger partial charge in [0.05, 0.1) is 40.2 Å². The summed E-state index contributed by atoms with van der Waals surface area (Å²) in [5.74, 6) is -1.13. The lowest BCUT2D eigenvalue weighted by Crippen LogP contribution is -2.29. The topological polar surface area (TPSA) is 104 Å². The van der Waals surface area contributed by atoms with E-state index in [1.807, 2.05) is 6.92 Å². The van der Waals surface area contributed by atoms with Crippen molar-refractivity contribution in [1.29, 1.82) is 5.26 Å². The van der Waals surface area contributed by atoms with E-state index in [0.717, 1.165) is 17.3 Å². The minimum absolute atomic E-state index is 0.0356. The second kappa shape index (κ2) is 10.9. The first-order chi connectivity index (χ1) is 15.9. The predicted molar refractivity (Wildman–Crippen MR) is 128 cm³/mol. The zero-order chi connectivity index (χ0) is 24.0. The van der Waals surface area contributed by atoms with Crippen molar-refractivity contribution in [2.45, 2.75) is 19.8 Å². The molecule has 1 amide bonds. The van der Waals surface area contributed by atoms with Crippen molar-refractivity contribution >= 4 is 40.9 Å². The van der Waals surface area contributed by atoms with Gasteiger partial charge >= 0.3 is 5.97 Å². The highest BCUT2D eigenvalue weighted by Gasteiger charge is 2.37. The fraction of sp³-hybridized carbons (Fsp3) is 0.208. The van der Waals surface area contributed by atoms with Crippen LogP contribution in [0.3, 0.4) is 0 Å². The van der Waals surface area contributed by atoms with Crippen LogP contribution in [-0.4, -0.2) is 24.2 Å². The normalized spacial score (nSPS) is 15.5. The highest BCUT2D eigenvalue weighted by molar-refractivity contribution is 8.03. The van der Waals surface area contributed by atoms with E-state index in [4.69, 9.17) is 20.8 Å². The molecule has 0 saturated carbocycles. The second-order valence-corrected chi connectivity index (χ2v) is 8.50. The highest BCUT2D eigenvalue weighted by atomic mass is 35.5. The number of esters is 1. The van der Waals surface area contributed by atoms with Crippen LogP contribution in [0.5, 0.6) is 0 Å². The largest absolute Gasteiger partial charge is 0.468 e. The maximum absolute atomic E-state index is 12.7. The van der Waals surface area contributed by atoms with Crippen molar-refractivity contribution in [3.8, 4) is 6.07 Å². The number of allylic oxidation sites excluding steroid dienone is 2. The van der Waals surface area contributed by atoms with Crippen molar-refractivity contribution in [2.75, 3.05) is 17.7 Å². The Balaban J connectivity index is 1.85. The van der Waals surface area contributed by atoms with Crippen LogP contribution in [0.25, 0.3) is 0 Å². The number of hydrogen-bond donors (Lipinski definition) is 2. The number of dihydropyridines is 1. The molecule has 1 unspecified atom stereocenters. The lowest BCUT2D eigenvalue weighted by molar-refractivity contribution is -0.138. The highest BCUT2D eigenvalue weighted by Crippen LogP contribution is 2.41. The number of nitrogens with zero attached hydrogens (tertiary/aromatic N) is 1. The van der Waals surface area contributed by atoms with Crippen molar-refractivity contribution in [3.63, 3.8) is 0 Å². The van der Waals surface area contributed by atoms with E-state index in [1.165, 1.54) is 12.3 Å². The van der Waals surface area contributed by atoms with E-state index in [9.17, 15) is 14.9 Å². The molecule has 0 fully saturated rings. The van der Waals surface area contributed by atoms with Crippen molar-refractivity contribution in [2.24, 2.45) is 0 Å². The molecule has 0 aliphatic carbocycles. The number of nitrogens with one attached hydrogen (secondary N) is 2. The van der Waals surface area contributed by atoms with E-state index in [0.29, 0.717) is 27.2 Å². The molecule has 170 valence electrons. The third kappa shape index (κ3) is 5.51. The van der Waals surface area contributed by atoms with Gasteiger partial charge in [-0.3, -0.25) is 4.79 Å². The third-order valence-electron chi connectivity index (χ3n) is 4.92. The molecule has 0 spiro atoms. The Morgan fingerprint density at radius 3 is 2.82 bits per heavy atom. The van der Waals surface area contributed by atoms with Crippen LogP contribution in [0.15, 0.2) is 75.5 Å². The summed E-state index contributed by atoms with van der Waals surface area (Å²) in [6.45, 7) is 7.12. The Kier molecular flexibility index (Phi) is 8.04. The van der Waals surface area contributed by atoms with Gasteiger partial charge in [-0.2, -0.15) is 5.26 Å². The molecule has 2 N–H and O–H groups in total. The first-order valence-corrected chi connectivity index (χ1v) is 11.3. The molecule has 0 bridgehead atoms. The van der Waals surface area contributed by atoms with E-state index < -0.39 is 11.9 Å². The number of carbonyl (C=O) groups excluding carboxylic acids is 2. The van der Waals surface area contributed by atoms with Crippen molar-refractivity contribution in [3.05, 3.63) is 87.5 Å². The zero-order valence-corrected chi connectivity index (χ0v) is 19.7. The van der Waals surface area contributed by atoms with Crippen LogP contribution in [0.4, 0.5) is 5.69 Å². The SMILES string of the molecule is C=CCOC(=O)C1=C(C)NC(SCC(=O)Nc2cccc(Cl)c2C)=C(C#N)C1c1ccco1. The number of benzene rings is 1. The Hall–Kier alpha value is -3.41. The summed E-state index contributed by atoms with van der Waals surface area (Å²) in [5, 5.41) is 16.9. The van der Waals surface area contributed by atoms with Crippen LogP contribution >= 0.6 is 23.4 Å².